The van der Waals surface area contributed by atoms with Gasteiger partial charge in [-0.15, -0.1) is 5.10 Å². The number of aromatic nitrogens is 2. The lowest BCUT2D eigenvalue weighted by Gasteiger charge is -2.19. The first-order valence-corrected chi connectivity index (χ1v) is 6.00. The van der Waals surface area contributed by atoms with Crippen LogP contribution in [0, 0.1) is 0 Å². The van der Waals surface area contributed by atoms with Crippen LogP contribution >= 0.6 is 11.5 Å². The van der Waals surface area contributed by atoms with Crippen molar-refractivity contribution in [3.05, 3.63) is 35.3 Å². The van der Waals surface area contributed by atoms with Crippen molar-refractivity contribution in [2.24, 2.45) is 0 Å². The van der Waals surface area contributed by atoms with Crippen LogP contribution in [0.5, 0.6) is 0 Å². The lowest BCUT2D eigenvalue weighted by molar-refractivity contribution is 0.0983. The molecule has 0 aliphatic heterocycles. The van der Waals surface area contributed by atoms with E-state index in [-0.39, 0.29) is 5.91 Å². The number of nitrogens with two attached hydrogens (primary N) is 1. The normalized spacial score (nSPS) is 10.2. The van der Waals surface area contributed by atoms with Gasteiger partial charge in [-0.25, -0.2) is 0 Å². The van der Waals surface area contributed by atoms with Crippen molar-refractivity contribution in [3.63, 3.8) is 0 Å². The fourth-order valence-corrected chi connectivity index (χ4v) is 1.96. The maximum atomic E-state index is 12.1. The number of hydrogen-bond acceptors (Lipinski definition) is 5. The van der Waals surface area contributed by atoms with Crippen LogP contribution in [-0.2, 0) is 0 Å². The largest absolute Gasteiger partial charge is 0.399 e. The first-order chi connectivity index (χ1) is 8.22. The van der Waals surface area contributed by atoms with Gasteiger partial charge in [0.25, 0.3) is 5.91 Å². The van der Waals surface area contributed by atoms with E-state index in [0.717, 1.165) is 17.2 Å². The highest BCUT2D eigenvalue weighted by molar-refractivity contribution is 7.03. The van der Waals surface area contributed by atoms with Gasteiger partial charge in [0.15, 0.2) is 5.69 Å². The molecule has 1 aromatic carbocycles. The number of benzene rings is 1. The fourth-order valence-electron chi connectivity index (χ4n) is 1.53. The molecule has 2 aromatic rings. The summed E-state index contributed by atoms with van der Waals surface area (Å²) in [6.07, 6.45) is 0. The lowest BCUT2D eigenvalue weighted by atomic mass is 10.2. The van der Waals surface area contributed by atoms with Crippen LogP contribution < -0.4 is 10.6 Å². The quantitative estimate of drug-likeness (QED) is 0.840. The fraction of sp³-hybridized carbons (Fsp3) is 0.182. The Kier molecular flexibility index (Phi) is 3.34. The second kappa shape index (κ2) is 4.92. The van der Waals surface area contributed by atoms with Crippen molar-refractivity contribution in [2.75, 3.05) is 17.2 Å². The smallest absolute Gasteiger partial charge is 0.279 e. The third-order valence-electron chi connectivity index (χ3n) is 2.32. The Morgan fingerprint density at radius 2 is 2.35 bits per heavy atom. The van der Waals surface area contributed by atoms with E-state index in [0.29, 0.717) is 17.9 Å². The molecule has 6 heteroatoms. The summed E-state index contributed by atoms with van der Waals surface area (Å²) in [7, 11) is 0. The zero-order valence-corrected chi connectivity index (χ0v) is 10.1. The lowest BCUT2D eigenvalue weighted by Crippen LogP contribution is -2.30. The average molecular weight is 248 g/mol. The average Bonchev–Trinajstić information content (AvgIpc) is 2.83. The van der Waals surface area contributed by atoms with Crippen LogP contribution in [0.4, 0.5) is 11.4 Å². The summed E-state index contributed by atoms with van der Waals surface area (Å²) >= 11 is 1.16. The Bertz CT molecular complexity index is 512. The Hall–Kier alpha value is -1.95. The first kappa shape index (κ1) is 11.5. The van der Waals surface area contributed by atoms with Crippen molar-refractivity contribution in [1.82, 2.24) is 9.59 Å². The third kappa shape index (κ3) is 2.42. The van der Waals surface area contributed by atoms with E-state index >= 15 is 0 Å². The maximum absolute atomic E-state index is 12.1. The van der Waals surface area contributed by atoms with Crippen LogP contribution in [0.2, 0.25) is 0 Å². The number of rotatable bonds is 3. The van der Waals surface area contributed by atoms with Crippen molar-refractivity contribution in [1.29, 1.82) is 0 Å². The minimum absolute atomic E-state index is 0.160. The molecule has 0 atom stereocenters. The van der Waals surface area contributed by atoms with E-state index in [9.17, 15) is 4.79 Å². The van der Waals surface area contributed by atoms with Gasteiger partial charge in [0.2, 0.25) is 0 Å². The summed E-state index contributed by atoms with van der Waals surface area (Å²) in [5.41, 5.74) is 7.47. The molecule has 0 unspecified atom stereocenters. The second-order valence-electron chi connectivity index (χ2n) is 3.43. The van der Waals surface area contributed by atoms with Crippen molar-refractivity contribution >= 4 is 28.8 Å². The van der Waals surface area contributed by atoms with Crippen molar-refractivity contribution < 1.29 is 4.79 Å². The number of anilines is 2. The van der Waals surface area contributed by atoms with Gasteiger partial charge >= 0.3 is 0 Å². The Morgan fingerprint density at radius 3 is 2.94 bits per heavy atom. The van der Waals surface area contributed by atoms with Crippen LogP contribution in [0.1, 0.15) is 17.4 Å². The molecular formula is C11H12N4OS. The molecule has 0 aliphatic carbocycles. The molecule has 0 radical (unpaired) electrons. The number of hydrogen-bond donors (Lipinski definition) is 1. The highest BCUT2D eigenvalue weighted by Crippen LogP contribution is 2.19. The number of nitrogens with zero attached hydrogens (tertiary/aromatic N) is 3. The topological polar surface area (TPSA) is 72.1 Å². The summed E-state index contributed by atoms with van der Waals surface area (Å²) in [6, 6.07) is 7.21. The number of amides is 1. The van der Waals surface area contributed by atoms with Gasteiger partial charge in [-0.05, 0) is 36.7 Å². The highest BCUT2D eigenvalue weighted by Gasteiger charge is 2.18. The van der Waals surface area contributed by atoms with Gasteiger partial charge in [-0.1, -0.05) is 10.6 Å². The predicted molar refractivity (Wildman–Crippen MR) is 68.1 cm³/mol. The van der Waals surface area contributed by atoms with E-state index in [1.807, 2.05) is 19.1 Å². The molecule has 0 saturated heterocycles. The molecule has 0 bridgehead atoms. The summed E-state index contributed by atoms with van der Waals surface area (Å²) < 4.78 is 3.69. The molecule has 0 aliphatic rings. The molecule has 5 nitrogen and oxygen atoms in total. The molecule has 17 heavy (non-hydrogen) atoms. The van der Waals surface area contributed by atoms with Gasteiger partial charge in [0, 0.05) is 23.3 Å². The molecule has 0 saturated carbocycles. The van der Waals surface area contributed by atoms with Crippen molar-refractivity contribution in [2.45, 2.75) is 6.92 Å². The maximum Gasteiger partial charge on any atom is 0.279 e. The Morgan fingerprint density at radius 1 is 1.53 bits per heavy atom. The van der Waals surface area contributed by atoms with Gasteiger partial charge in [0.1, 0.15) is 0 Å². The molecule has 0 spiro atoms. The summed E-state index contributed by atoms with van der Waals surface area (Å²) in [5.74, 6) is -0.160. The second-order valence-corrected chi connectivity index (χ2v) is 4.04. The predicted octanol–water partition coefficient (Wildman–Crippen LogP) is 1.79. The first-order valence-electron chi connectivity index (χ1n) is 5.17. The van der Waals surface area contributed by atoms with Gasteiger partial charge in [-0.2, -0.15) is 0 Å². The Balaban J connectivity index is 2.31. The number of nitrogen functional groups attached to an aromatic ring is 1. The SMILES string of the molecule is CCN(C(=O)c1csnn1)c1cccc(N)c1. The molecular weight excluding hydrogens is 236 g/mol. The van der Waals surface area contributed by atoms with Crippen LogP contribution in [0.15, 0.2) is 29.6 Å². The summed E-state index contributed by atoms with van der Waals surface area (Å²) in [6.45, 7) is 2.46. The minimum Gasteiger partial charge on any atom is -0.399 e. The molecule has 1 heterocycles. The molecule has 2 N–H and O–H groups in total. The molecule has 0 fully saturated rings. The Labute approximate surface area is 103 Å². The number of carbonyl (C=O) groups excluding carboxylic acids is 1. The van der Waals surface area contributed by atoms with Crippen molar-refractivity contribution in [3.8, 4) is 0 Å². The number of carbonyl (C=O) groups is 1. The minimum atomic E-state index is -0.160. The molecule has 2 rings (SSSR count). The highest BCUT2D eigenvalue weighted by atomic mass is 32.1. The summed E-state index contributed by atoms with van der Waals surface area (Å²) in [4.78, 5) is 13.8. The standard InChI is InChI=1S/C11H12N4OS/c1-2-15(9-5-3-4-8(12)6-9)11(16)10-7-17-14-13-10/h3-7H,2,12H2,1H3. The van der Waals surface area contributed by atoms with E-state index in [1.165, 1.54) is 0 Å². The van der Waals surface area contributed by atoms with Gasteiger partial charge < -0.3 is 10.6 Å². The molecule has 1 aromatic heterocycles. The molecule has 1 amide bonds. The van der Waals surface area contributed by atoms with E-state index in [2.05, 4.69) is 9.59 Å². The van der Waals surface area contributed by atoms with E-state index in [4.69, 9.17) is 5.73 Å². The van der Waals surface area contributed by atoms with Gasteiger partial charge in [0.05, 0.1) is 0 Å². The van der Waals surface area contributed by atoms with Crippen LogP contribution in [-0.4, -0.2) is 22.0 Å². The van der Waals surface area contributed by atoms with Crippen LogP contribution in [0.25, 0.3) is 0 Å². The van der Waals surface area contributed by atoms with Crippen LogP contribution in [0.3, 0.4) is 0 Å². The third-order valence-corrected chi connectivity index (χ3v) is 2.83. The van der Waals surface area contributed by atoms with E-state index in [1.54, 1.807) is 22.4 Å². The zero-order chi connectivity index (χ0) is 12.3. The zero-order valence-electron chi connectivity index (χ0n) is 9.33. The van der Waals surface area contributed by atoms with E-state index < -0.39 is 0 Å². The molecule has 88 valence electrons. The monoisotopic (exact) mass is 248 g/mol. The summed E-state index contributed by atoms with van der Waals surface area (Å²) in [5, 5.41) is 5.42. The van der Waals surface area contributed by atoms with Gasteiger partial charge in [-0.3, -0.25) is 4.79 Å².